The van der Waals surface area contributed by atoms with Crippen LogP contribution in [0.25, 0.3) is 0 Å². The lowest BCUT2D eigenvalue weighted by Crippen LogP contribution is -2.54. The number of amides is 1. The van der Waals surface area contributed by atoms with Crippen LogP contribution in [0.2, 0.25) is 0 Å². The standard InChI is InChI=1S/C14H20N4O/c15-8-10-2-1-6-16-14(10)18-7-5-12-11(9-18)3-4-13(19)17-12/h1-2,6,11-12H,3-5,7-9,15H2,(H,17,19). The quantitative estimate of drug-likeness (QED) is 0.819. The van der Waals surface area contributed by atoms with E-state index in [1.165, 1.54) is 0 Å². The van der Waals surface area contributed by atoms with Crippen LogP contribution in [-0.4, -0.2) is 30.0 Å². The zero-order chi connectivity index (χ0) is 13.2. The maximum absolute atomic E-state index is 11.4. The molecule has 5 nitrogen and oxygen atoms in total. The average molecular weight is 260 g/mol. The van der Waals surface area contributed by atoms with E-state index in [0.717, 1.165) is 37.3 Å². The first-order chi connectivity index (χ1) is 9.28. The Morgan fingerprint density at radius 2 is 2.37 bits per heavy atom. The molecule has 2 aliphatic heterocycles. The Morgan fingerprint density at radius 3 is 3.21 bits per heavy atom. The van der Waals surface area contributed by atoms with Crippen LogP contribution in [0, 0.1) is 5.92 Å². The van der Waals surface area contributed by atoms with Crippen LogP contribution < -0.4 is 16.0 Å². The zero-order valence-corrected chi connectivity index (χ0v) is 11.0. The van der Waals surface area contributed by atoms with E-state index in [9.17, 15) is 4.79 Å². The van der Waals surface area contributed by atoms with E-state index in [0.29, 0.717) is 24.9 Å². The van der Waals surface area contributed by atoms with Crippen molar-refractivity contribution in [2.45, 2.75) is 31.8 Å². The third-order valence-corrected chi connectivity index (χ3v) is 4.21. The number of aromatic nitrogens is 1. The Hall–Kier alpha value is -1.62. The Balaban J connectivity index is 1.76. The summed E-state index contributed by atoms with van der Waals surface area (Å²) < 4.78 is 0. The van der Waals surface area contributed by atoms with Gasteiger partial charge in [0.05, 0.1) is 0 Å². The highest BCUT2D eigenvalue weighted by Crippen LogP contribution is 2.29. The van der Waals surface area contributed by atoms with E-state index < -0.39 is 0 Å². The number of rotatable bonds is 2. The van der Waals surface area contributed by atoms with E-state index in [4.69, 9.17) is 5.73 Å². The number of pyridine rings is 1. The van der Waals surface area contributed by atoms with Crippen molar-refractivity contribution >= 4 is 11.7 Å². The number of piperidine rings is 2. The SMILES string of the molecule is NCc1cccnc1N1CCC2NC(=O)CCC2C1. The van der Waals surface area contributed by atoms with Crippen molar-refractivity contribution in [3.63, 3.8) is 0 Å². The van der Waals surface area contributed by atoms with Gasteiger partial charge in [0.25, 0.3) is 0 Å². The van der Waals surface area contributed by atoms with E-state index in [2.05, 4.69) is 15.2 Å². The molecule has 2 atom stereocenters. The highest BCUT2D eigenvalue weighted by molar-refractivity contribution is 5.77. The number of nitrogens with two attached hydrogens (primary N) is 1. The predicted octanol–water partition coefficient (Wildman–Crippen LogP) is 0.645. The molecule has 3 rings (SSSR count). The minimum atomic E-state index is 0.204. The van der Waals surface area contributed by atoms with Gasteiger partial charge in [-0.2, -0.15) is 0 Å². The second kappa shape index (κ2) is 5.17. The number of fused-ring (bicyclic) bond motifs is 1. The molecule has 0 aliphatic carbocycles. The average Bonchev–Trinajstić information content (AvgIpc) is 2.46. The van der Waals surface area contributed by atoms with Crippen LogP contribution >= 0.6 is 0 Å². The molecule has 2 saturated heterocycles. The number of carbonyl (C=O) groups is 1. The van der Waals surface area contributed by atoms with Crippen LogP contribution in [0.4, 0.5) is 5.82 Å². The summed E-state index contributed by atoms with van der Waals surface area (Å²) in [5.74, 6) is 1.76. The van der Waals surface area contributed by atoms with Crippen molar-refractivity contribution in [1.82, 2.24) is 10.3 Å². The van der Waals surface area contributed by atoms with Gasteiger partial charge in [0, 0.05) is 43.9 Å². The number of hydrogen-bond acceptors (Lipinski definition) is 4. The predicted molar refractivity (Wildman–Crippen MR) is 73.6 cm³/mol. The molecular weight excluding hydrogens is 240 g/mol. The van der Waals surface area contributed by atoms with Crippen molar-refractivity contribution in [1.29, 1.82) is 0 Å². The summed E-state index contributed by atoms with van der Waals surface area (Å²) in [5.41, 5.74) is 6.88. The molecule has 0 aromatic carbocycles. The molecule has 102 valence electrons. The molecule has 1 amide bonds. The molecule has 2 fully saturated rings. The molecule has 3 N–H and O–H groups in total. The highest BCUT2D eigenvalue weighted by Gasteiger charge is 2.34. The fourth-order valence-corrected chi connectivity index (χ4v) is 3.18. The minimum Gasteiger partial charge on any atom is -0.356 e. The molecule has 2 unspecified atom stereocenters. The van der Waals surface area contributed by atoms with E-state index >= 15 is 0 Å². The van der Waals surface area contributed by atoms with E-state index in [1.54, 1.807) is 0 Å². The molecule has 2 aliphatic rings. The van der Waals surface area contributed by atoms with Gasteiger partial charge in [0.2, 0.25) is 5.91 Å². The van der Waals surface area contributed by atoms with Gasteiger partial charge < -0.3 is 16.0 Å². The van der Waals surface area contributed by atoms with Gasteiger partial charge in [-0.25, -0.2) is 4.98 Å². The smallest absolute Gasteiger partial charge is 0.220 e. The van der Waals surface area contributed by atoms with Gasteiger partial charge >= 0.3 is 0 Å². The van der Waals surface area contributed by atoms with Crippen molar-refractivity contribution in [3.05, 3.63) is 23.9 Å². The number of nitrogens with one attached hydrogen (secondary N) is 1. The maximum atomic E-state index is 11.4. The monoisotopic (exact) mass is 260 g/mol. The Kier molecular flexibility index (Phi) is 3.38. The normalized spacial score (nSPS) is 26.8. The molecular formula is C14H20N4O. The number of nitrogens with zero attached hydrogens (tertiary/aromatic N) is 2. The fourth-order valence-electron chi connectivity index (χ4n) is 3.18. The van der Waals surface area contributed by atoms with E-state index in [-0.39, 0.29) is 5.91 Å². The van der Waals surface area contributed by atoms with Crippen LogP contribution in [0.3, 0.4) is 0 Å². The third-order valence-electron chi connectivity index (χ3n) is 4.21. The summed E-state index contributed by atoms with van der Waals surface area (Å²) in [4.78, 5) is 18.2. The molecule has 5 heteroatoms. The Morgan fingerprint density at radius 1 is 1.47 bits per heavy atom. The van der Waals surface area contributed by atoms with Crippen LogP contribution in [0.1, 0.15) is 24.8 Å². The lowest BCUT2D eigenvalue weighted by Gasteiger charge is -2.42. The molecule has 1 aromatic rings. The van der Waals surface area contributed by atoms with Crippen molar-refractivity contribution < 1.29 is 4.79 Å². The first-order valence-corrected chi connectivity index (χ1v) is 6.96. The lowest BCUT2D eigenvalue weighted by molar-refractivity contribution is -0.124. The number of anilines is 1. The van der Waals surface area contributed by atoms with Crippen molar-refractivity contribution in [2.24, 2.45) is 11.7 Å². The minimum absolute atomic E-state index is 0.204. The van der Waals surface area contributed by atoms with Crippen LogP contribution in [-0.2, 0) is 11.3 Å². The lowest BCUT2D eigenvalue weighted by atomic mass is 9.85. The van der Waals surface area contributed by atoms with Crippen molar-refractivity contribution in [3.8, 4) is 0 Å². The van der Waals surface area contributed by atoms with Gasteiger partial charge in [-0.05, 0) is 24.8 Å². The second-order valence-electron chi connectivity index (χ2n) is 5.40. The third kappa shape index (κ3) is 2.42. The first-order valence-electron chi connectivity index (χ1n) is 6.96. The van der Waals surface area contributed by atoms with Gasteiger partial charge in [-0.15, -0.1) is 0 Å². The molecule has 0 bridgehead atoms. The number of hydrogen-bond donors (Lipinski definition) is 2. The van der Waals surface area contributed by atoms with E-state index in [1.807, 2.05) is 18.3 Å². The van der Waals surface area contributed by atoms with Crippen LogP contribution in [0.15, 0.2) is 18.3 Å². The molecule has 1 aromatic heterocycles. The van der Waals surface area contributed by atoms with Gasteiger partial charge in [-0.3, -0.25) is 4.79 Å². The summed E-state index contributed by atoms with van der Waals surface area (Å²) in [6, 6.07) is 4.32. The summed E-state index contributed by atoms with van der Waals surface area (Å²) in [5, 5.41) is 3.11. The Labute approximate surface area is 113 Å². The molecule has 0 spiro atoms. The zero-order valence-electron chi connectivity index (χ0n) is 11.0. The highest BCUT2D eigenvalue weighted by atomic mass is 16.1. The van der Waals surface area contributed by atoms with Gasteiger partial charge in [-0.1, -0.05) is 6.07 Å². The van der Waals surface area contributed by atoms with Gasteiger partial charge in [0.1, 0.15) is 5.82 Å². The first kappa shape index (κ1) is 12.4. The molecule has 0 radical (unpaired) electrons. The van der Waals surface area contributed by atoms with Gasteiger partial charge in [0.15, 0.2) is 0 Å². The summed E-state index contributed by atoms with van der Waals surface area (Å²) in [7, 11) is 0. The largest absolute Gasteiger partial charge is 0.356 e. The summed E-state index contributed by atoms with van der Waals surface area (Å²) in [6.45, 7) is 2.42. The number of carbonyl (C=O) groups excluding carboxylic acids is 1. The molecule has 19 heavy (non-hydrogen) atoms. The maximum Gasteiger partial charge on any atom is 0.220 e. The fraction of sp³-hybridized carbons (Fsp3) is 0.571. The van der Waals surface area contributed by atoms with Crippen LogP contribution in [0.5, 0.6) is 0 Å². The van der Waals surface area contributed by atoms with Crippen molar-refractivity contribution in [2.75, 3.05) is 18.0 Å². The molecule has 3 heterocycles. The topological polar surface area (TPSA) is 71.2 Å². The second-order valence-corrected chi connectivity index (χ2v) is 5.40. The summed E-state index contributed by atoms with van der Waals surface area (Å²) >= 11 is 0. The Bertz CT molecular complexity index is 476. The summed E-state index contributed by atoms with van der Waals surface area (Å²) in [6.07, 6.45) is 4.46. The molecule has 0 saturated carbocycles.